The fourth-order valence-corrected chi connectivity index (χ4v) is 4.46. The third kappa shape index (κ3) is 4.76. The van der Waals surface area contributed by atoms with E-state index in [2.05, 4.69) is 30.9 Å². The summed E-state index contributed by atoms with van der Waals surface area (Å²) in [5.74, 6) is 0. The lowest BCUT2D eigenvalue weighted by atomic mass is 10.2. The summed E-state index contributed by atoms with van der Waals surface area (Å²) >= 11 is 0. The van der Waals surface area contributed by atoms with Crippen LogP contribution in [0, 0.1) is 6.92 Å². The van der Waals surface area contributed by atoms with Crippen LogP contribution in [0.1, 0.15) is 18.4 Å². The summed E-state index contributed by atoms with van der Waals surface area (Å²) in [7, 11) is 2.89. The van der Waals surface area contributed by atoms with Crippen molar-refractivity contribution in [3.63, 3.8) is 0 Å². The molecule has 1 aliphatic heterocycles. The molecule has 1 aliphatic rings. The van der Waals surface area contributed by atoms with Gasteiger partial charge in [-0.05, 0) is 66.1 Å². The normalized spacial score (nSPS) is 19.8. The minimum Gasteiger partial charge on any atom is -0.309 e. The Morgan fingerprint density at radius 3 is 2.39 bits per heavy atom. The molecule has 0 radical (unpaired) electrons. The van der Waals surface area contributed by atoms with Gasteiger partial charge in [-0.2, -0.15) is 4.31 Å². The van der Waals surface area contributed by atoms with Crippen molar-refractivity contribution < 1.29 is 8.42 Å². The highest BCUT2D eigenvalue weighted by atomic mass is 32.2. The second-order valence-electron chi connectivity index (χ2n) is 6.76. The number of nitrogens with zero attached hydrogens (tertiary/aromatic N) is 3. The van der Waals surface area contributed by atoms with Crippen LogP contribution in [0.15, 0.2) is 29.2 Å². The second kappa shape index (κ2) is 7.75. The molecule has 5 nitrogen and oxygen atoms in total. The predicted molar refractivity (Wildman–Crippen MR) is 94.1 cm³/mol. The Morgan fingerprint density at radius 1 is 1.13 bits per heavy atom. The third-order valence-corrected chi connectivity index (χ3v) is 6.40. The quantitative estimate of drug-likeness (QED) is 0.757. The van der Waals surface area contributed by atoms with E-state index in [1.165, 1.54) is 0 Å². The molecule has 0 N–H and O–H groups in total. The SMILES string of the molecule is Cc1ccc(S(=O)(=O)N2CCC(N(C)CCCN(C)C)C2)cc1. The van der Waals surface area contributed by atoms with E-state index in [-0.39, 0.29) is 0 Å². The van der Waals surface area contributed by atoms with Crippen LogP contribution < -0.4 is 0 Å². The maximum atomic E-state index is 12.7. The zero-order chi connectivity index (χ0) is 17.0. The van der Waals surface area contributed by atoms with Gasteiger partial charge >= 0.3 is 0 Å². The average Bonchev–Trinajstić information content (AvgIpc) is 2.98. The maximum absolute atomic E-state index is 12.7. The van der Waals surface area contributed by atoms with Crippen LogP contribution in [-0.4, -0.2) is 75.9 Å². The molecule has 0 spiro atoms. The van der Waals surface area contributed by atoms with Crippen LogP contribution in [0.4, 0.5) is 0 Å². The van der Waals surface area contributed by atoms with Crippen LogP contribution in [0.5, 0.6) is 0 Å². The topological polar surface area (TPSA) is 43.9 Å². The smallest absolute Gasteiger partial charge is 0.243 e. The van der Waals surface area contributed by atoms with Gasteiger partial charge in [-0.25, -0.2) is 8.42 Å². The Bertz CT molecular complexity index is 599. The Balaban J connectivity index is 1.94. The average molecular weight is 340 g/mol. The summed E-state index contributed by atoms with van der Waals surface area (Å²) in [4.78, 5) is 4.88. The summed E-state index contributed by atoms with van der Waals surface area (Å²) in [6.07, 6.45) is 2.01. The van der Waals surface area contributed by atoms with Gasteiger partial charge in [0.15, 0.2) is 0 Å². The van der Waals surface area contributed by atoms with E-state index in [9.17, 15) is 8.42 Å². The van der Waals surface area contributed by atoms with Gasteiger partial charge in [0, 0.05) is 19.1 Å². The molecule has 2 rings (SSSR count). The van der Waals surface area contributed by atoms with Gasteiger partial charge < -0.3 is 9.80 Å². The van der Waals surface area contributed by atoms with Crippen molar-refractivity contribution in [2.75, 3.05) is 47.3 Å². The van der Waals surface area contributed by atoms with Crippen molar-refractivity contribution in [2.24, 2.45) is 0 Å². The summed E-state index contributed by atoms with van der Waals surface area (Å²) < 4.78 is 27.1. The molecule has 1 unspecified atom stereocenters. The Kier molecular flexibility index (Phi) is 6.19. The van der Waals surface area contributed by atoms with Crippen molar-refractivity contribution in [2.45, 2.75) is 30.7 Å². The molecule has 1 heterocycles. The van der Waals surface area contributed by atoms with Crippen LogP contribution in [0.25, 0.3) is 0 Å². The van der Waals surface area contributed by atoms with E-state index >= 15 is 0 Å². The van der Waals surface area contributed by atoms with Gasteiger partial charge in [-0.3, -0.25) is 0 Å². The van der Waals surface area contributed by atoms with Gasteiger partial charge in [0.1, 0.15) is 0 Å². The number of aryl methyl sites for hydroxylation is 1. The summed E-state index contributed by atoms with van der Waals surface area (Å²) in [6.45, 7) is 5.22. The largest absolute Gasteiger partial charge is 0.309 e. The van der Waals surface area contributed by atoms with E-state index < -0.39 is 10.0 Å². The van der Waals surface area contributed by atoms with E-state index in [1.807, 2.05) is 19.1 Å². The standard InChI is InChI=1S/C17H29N3O2S/c1-15-6-8-17(9-7-15)23(21,22)20-13-10-16(14-20)19(4)12-5-11-18(2)3/h6-9,16H,5,10-14H2,1-4H3. The summed E-state index contributed by atoms with van der Waals surface area (Å²) in [5.41, 5.74) is 1.07. The predicted octanol–water partition coefficient (Wildman–Crippen LogP) is 1.64. The minimum atomic E-state index is -3.36. The molecule has 6 heteroatoms. The molecule has 1 atom stereocenters. The molecule has 1 aromatic rings. The highest BCUT2D eigenvalue weighted by Crippen LogP contribution is 2.23. The van der Waals surface area contributed by atoms with Gasteiger partial charge in [0.05, 0.1) is 4.90 Å². The Morgan fingerprint density at radius 2 is 1.78 bits per heavy atom. The Labute approximate surface area is 140 Å². The Hall–Kier alpha value is -0.950. The zero-order valence-electron chi connectivity index (χ0n) is 14.7. The lowest BCUT2D eigenvalue weighted by Crippen LogP contribution is -2.37. The molecule has 1 aromatic carbocycles. The molecule has 130 valence electrons. The monoisotopic (exact) mass is 339 g/mol. The molecule has 23 heavy (non-hydrogen) atoms. The van der Waals surface area contributed by atoms with Crippen molar-refractivity contribution >= 4 is 10.0 Å². The van der Waals surface area contributed by atoms with Crippen molar-refractivity contribution in [3.8, 4) is 0 Å². The van der Waals surface area contributed by atoms with Crippen LogP contribution in [0.3, 0.4) is 0 Å². The lowest BCUT2D eigenvalue weighted by Gasteiger charge is -2.25. The zero-order valence-corrected chi connectivity index (χ0v) is 15.5. The van der Waals surface area contributed by atoms with Crippen LogP contribution >= 0.6 is 0 Å². The van der Waals surface area contributed by atoms with Crippen molar-refractivity contribution in [1.29, 1.82) is 0 Å². The summed E-state index contributed by atoms with van der Waals surface area (Å²) in [6, 6.07) is 7.44. The number of benzene rings is 1. The number of hydrogen-bond acceptors (Lipinski definition) is 4. The lowest BCUT2D eigenvalue weighted by molar-refractivity contribution is 0.235. The van der Waals surface area contributed by atoms with E-state index in [4.69, 9.17) is 0 Å². The van der Waals surface area contributed by atoms with E-state index in [1.54, 1.807) is 16.4 Å². The number of likely N-dealkylation sites (N-methyl/N-ethyl adjacent to an activating group) is 1. The summed E-state index contributed by atoms with van der Waals surface area (Å²) in [5, 5.41) is 0. The van der Waals surface area contributed by atoms with Crippen LogP contribution in [-0.2, 0) is 10.0 Å². The van der Waals surface area contributed by atoms with Crippen molar-refractivity contribution in [3.05, 3.63) is 29.8 Å². The van der Waals surface area contributed by atoms with Gasteiger partial charge in [0.25, 0.3) is 0 Å². The second-order valence-corrected chi connectivity index (χ2v) is 8.69. The minimum absolute atomic E-state index is 0.317. The van der Waals surface area contributed by atoms with Gasteiger partial charge in [-0.15, -0.1) is 0 Å². The van der Waals surface area contributed by atoms with Gasteiger partial charge in [-0.1, -0.05) is 17.7 Å². The number of sulfonamides is 1. The third-order valence-electron chi connectivity index (χ3n) is 4.52. The molecule has 0 aromatic heterocycles. The molecular weight excluding hydrogens is 310 g/mol. The van der Waals surface area contributed by atoms with Gasteiger partial charge in [0.2, 0.25) is 10.0 Å². The number of rotatable bonds is 7. The van der Waals surface area contributed by atoms with Crippen molar-refractivity contribution in [1.82, 2.24) is 14.1 Å². The molecule has 1 saturated heterocycles. The van der Waals surface area contributed by atoms with E-state index in [0.29, 0.717) is 24.0 Å². The molecular formula is C17H29N3O2S. The molecule has 0 amide bonds. The first-order valence-corrected chi connectivity index (χ1v) is 9.66. The molecule has 0 saturated carbocycles. The van der Waals surface area contributed by atoms with Crippen LogP contribution in [0.2, 0.25) is 0 Å². The highest BCUT2D eigenvalue weighted by Gasteiger charge is 2.33. The fraction of sp³-hybridized carbons (Fsp3) is 0.647. The molecule has 0 bridgehead atoms. The molecule has 1 fully saturated rings. The first kappa shape index (κ1) is 18.4. The fourth-order valence-electron chi connectivity index (χ4n) is 2.97. The highest BCUT2D eigenvalue weighted by molar-refractivity contribution is 7.89. The maximum Gasteiger partial charge on any atom is 0.243 e. The molecule has 0 aliphatic carbocycles. The first-order chi connectivity index (χ1) is 10.8. The number of hydrogen-bond donors (Lipinski definition) is 0. The van der Waals surface area contributed by atoms with E-state index in [0.717, 1.165) is 31.5 Å². The first-order valence-electron chi connectivity index (χ1n) is 8.22.